The molecule has 0 aliphatic heterocycles. The first-order valence-electron chi connectivity index (χ1n) is 6.16. The fourth-order valence-corrected chi connectivity index (χ4v) is 2.07. The maximum absolute atomic E-state index is 12.1. The van der Waals surface area contributed by atoms with Gasteiger partial charge in [0, 0.05) is 0 Å². The number of esters is 1. The van der Waals surface area contributed by atoms with Crippen molar-refractivity contribution in [1.29, 1.82) is 0 Å². The Morgan fingerprint density at radius 3 is 2.35 bits per heavy atom. The van der Waals surface area contributed by atoms with Gasteiger partial charge in [-0.3, -0.25) is 4.79 Å². The molecule has 4 heteroatoms. The second-order valence-electron chi connectivity index (χ2n) is 4.32. The molecule has 20 heavy (non-hydrogen) atoms. The van der Waals surface area contributed by atoms with E-state index in [9.17, 15) is 9.90 Å². The van der Waals surface area contributed by atoms with Gasteiger partial charge in [0.15, 0.2) is 0 Å². The van der Waals surface area contributed by atoms with E-state index in [0.29, 0.717) is 5.75 Å². The van der Waals surface area contributed by atoms with Gasteiger partial charge < -0.3 is 14.6 Å². The standard InChI is InChI=1S/C16H16O4/c1-19-14-5-3-4-12(10-14)15(16(18)20-2)11-6-8-13(17)9-7-11/h3-10,15,17H,1-2H3. The number of hydrogen-bond donors (Lipinski definition) is 1. The van der Waals surface area contributed by atoms with Gasteiger partial charge in [-0.2, -0.15) is 0 Å². The minimum Gasteiger partial charge on any atom is -0.508 e. The van der Waals surface area contributed by atoms with Crippen LogP contribution in [0.3, 0.4) is 0 Å². The fraction of sp³-hybridized carbons (Fsp3) is 0.188. The van der Waals surface area contributed by atoms with Crippen LogP contribution >= 0.6 is 0 Å². The van der Waals surface area contributed by atoms with Crippen molar-refractivity contribution in [3.8, 4) is 11.5 Å². The summed E-state index contributed by atoms with van der Waals surface area (Å²) in [7, 11) is 2.93. The average Bonchev–Trinajstić information content (AvgIpc) is 2.49. The Bertz CT molecular complexity index is 590. The van der Waals surface area contributed by atoms with E-state index in [4.69, 9.17) is 9.47 Å². The van der Waals surface area contributed by atoms with Gasteiger partial charge in [-0.15, -0.1) is 0 Å². The average molecular weight is 272 g/mol. The van der Waals surface area contributed by atoms with Gasteiger partial charge in [-0.1, -0.05) is 24.3 Å². The van der Waals surface area contributed by atoms with Crippen LogP contribution in [-0.4, -0.2) is 25.3 Å². The molecule has 0 heterocycles. The van der Waals surface area contributed by atoms with E-state index < -0.39 is 5.92 Å². The van der Waals surface area contributed by atoms with Crippen molar-refractivity contribution in [3.05, 3.63) is 59.7 Å². The molecule has 1 N–H and O–H groups in total. The lowest BCUT2D eigenvalue weighted by Crippen LogP contribution is -2.15. The zero-order chi connectivity index (χ0) is 14.5. The first-order chi connectivity index (χ1) is 9.65. The summed E-state index contributed by atoms with van der Waals surface area (Å²) in [6, 6.07) is 13.8. The summed E-state index contributed by atoms with van der Waals surface area (Å²) in [6.07, 6.45) is 0. The number of hydrogen-bond acceptors (Lipinski definition) is 4. The molecule has 4 nitrogen and oxygen atoms in total. The molecule has 0 aliphatic rings. The summed E-state index contributed by atoms with van der Waals surface area (Å²) in [5.74, 6) is -0.0715. The molecule has 0 radical (unpaired) electrons. The molecule has 0 spiro atoms. The van der Waals surface area contributed by atoms with Crippen molar-refractivity contribution in [2.45, 2.75) is 5.92 Å². The van der Waals surface area contributed by atoms with Crippen LogP contribution in [0.25, 0.3) is 0 Å². The molecule has 0 aromatic heterocycles. The van der Waals surface area contributed by atoms with Crippen LogP contribution in [0.1, 0.15) is 17.0 Å². The Hall–Kier alpha value is -2.49. The number of methoxy groups -OCH3 is 2. The summed E-state index contributed by atoms with van der Waals surface area (Å²) in [5.41, 5.74) is 1.53. The highest BCUT2D eigenvalue weighted by Gasteiger charge is 2.24. The van der Waals surface area contributed by atoms with E-state index in [1.165, 1.54) is 7.11 Å². The number of carbonyl (C=O) groups is 1. The first kappa shape index (κ1) is 13.9. The normalized spacial score (nSPS) is 11.7. The maximum atomic E-state index is 12.1. The van der Waals surface area contributed by atoms with Gasteiger partial charge in [0.1, 0.15) is 17.4 Å². The molecule has 0 aliphatic carbocycles. The highest BCUT2D eigenvalue weighted by Crippen LogP contribution is 2.29. The van der Waals surface area contributed by atoms with Crippen molar-refractivity contribution in [2.75, 3.05) is 14.2 Å². The molecule has 2 aromatic rings. The predicted octanol–water partition coefficient (Wildman–Crippen LogP) is 2.71. The molecule has 1 atom stereocenters. The van der Waals surface area contributed by atoms with Crippen molar-refractivity contribution < 1.29 is 19.4 Å². The second kappa shape index (κ2) is 6.10. The van der Waals surface area contributed by atoms with Crippen molar-refractivity contribution in [2.24, 2.45) is 0 Å². The second-order valence-corrected chi connectivity index (χ2v) is 4.32. The molecule has 0 saturated carbocycles. The summed E-state index contributed by atoms with van der Waals surface area (Å²) in [5, 5.41) is 9.35. The molecule has 104 valence electrons. The summed E-state index contributed by atoms with van der Waals surface area (Å²) < 4.78 is 10.1. The van der Waals surface area contributed by atoms with Crippen LogP contribution in [-0.2, 0) is 9.53 Å². The van der Waals surface area contributed by atoms with Crippen LogP contribution in [0.4, 0.5) is 0 Å². The molecular formula is C16H16O4. The number of phenols is 1. The van der Waals surface area contributed by atoms with E-state index in [-0.39, 0.29) is 11.7 Å². The quantitative estimate of drug-likeness (QED) is 0.869. The number of phenolic OH excluding ortho intramolecular Hbond substituents is 1. The Balaban J connectivity index is 2.46. The monoisotopic (exact) mass is 272 g/mol. The fourth-order valence-electron chi connectivity index (χ4n) is 2.07. The van der Waals surface area contributed by atoms with Crippen LogP contribution in [0.5, 0.6) is 11.5 Å². The molecular weight excluding hydrogens is 256 g/mol. The Labute approximate surface area is 117 Å². The third-order valence-electron chi connectivity index (χ3n) is 3.09. The SMILES string of the molecule is COC(=O)C(c1ccc(O)cc1)c1cccc(OC)c1. The third kappa shape index (κ3) is 2.91. The Morgan fingerprint density at radius 2 is 1.75 bits per heavy atom. The van der Waals surface area contributed by atoms with Crippen LogP contribution in [0, 0.1) is 0 Å². The van der Waals surface area contributed by atoms with Gasteiger partial charge in [0.25, 0.3) is 0 Å². The van der Waals surface area contributed by atoms with Gasteiger partial charge in [0.05, 0.1) is 14.2 Å². The number of benzene rings is 2. The van der Waals surface area contributed by atoms with Crippen molar-refractivity contribution in [3.63, 3.8) is 0 Å². The molecule has 2 aromatic carbocycles. The van der Waals surface area contributed by atoms with Crippen LogP contribution in [0.2, 0.25) is 0 Å². The lowest BCUT2D eigenvalue weighted by molar-refractivity contribution is -0.141. The molecule has 1 unspecified atom stereocenters. The lowest BCUT2D eigenvalue weighted by Gasteiger charge is -2.16. The topological polar surface area (TPSA) is 55.8 Å². The minimum absolute atomic E-state index is 0.156. The minimum atomic E-state index is -0.546. The summed E-state index contributed by atoms with van der Waals surface area (Å²) in [4.78, 5) is 12.1. The summed E-state index contributed by atoms with van der Waals surface area (Å²) in [6.45, 7) is 0. The molecule has 0 fully saturated rings. The molecule has 0 amide bonds. The van der Waals surface area contributed by atoms with E-state index in [0.717, 1.165) is 11.1 Å². The predicted molar refractivity (Wildman–Crippen MR) is 75.0 cm³/mol. The van der Waals surface area contributed by atoms with Crippen LogP contribution in [0.15, 0.2) is 48.5 Å². The molecule has 0 saturated heterocycles. The van der Waals surface area contributed by atoms with E-state index in [2.05, 4.69) is 0 Å². The summed E-state index contributed by atoms with van der Waals surface area (Å²) >= 11 is 0. The zero-order valence-corrected chi connectivity index (χ0v) is 11.4. The van der Waals surface area contributed by atoms with E-state index in [1.54, 1.807) is 37.4 Å². The third-order valence-corrected chi connectivity index (χ3v) is 3.09. The van der Waals surface area contributed by atoms with Crippen molar-refractivity contribution in [1.82, 2.24) is 0 Å². The Kier molecular flexibility index (Phi) is 4.25. The molecule has 2 rings (SSSR count). The zero-order valence-electron chi connectivity index (χ0n) is 11.4. The smallest absolute Gasteiger partial charge is 0.317 e. The lowest BCUT2D eigenvalue weighted by atomic mass is 9.91. The van der Waals surface area contributed by atoms with Gasteiger partial charge in [0.2, 0.25) is 0 Å². The van der Waals surface area contributed by atoms with E-state index in [1.807, 2.05) is 18.2 Å². The number of aromatic hydroxyl groups is 1. The number of ether oxygens (including phenoxy) is 2. The van der Waals surface area contributed by atoms with Crippen LogP contribution < -0.4 is 4.74 Å². The molecule has 0 bridgehead atoms. The number of carbonyl (C=O) groups excluding carboxylic acids is 1. The van der Waals surface area contributed by atoms with Crippen molar-refractivity contribution >= 4 is 5.97 Å². The Morgan fingerprint density at radius 1 is 1.05 bits per heavy atom. The maximum Gasteiger partial charge on any atom is 0.317 e. The highest BCUT2D eigenvalue weighted by atomic mass is 16.5. The number of rotatable bonds is 4. The largest absolute Gasteiger partial charge is 0.508 e. The first-order valence-corrected chi connectivity index (χ1v) is 6.16. The highest BCUT2D eigenvalue weighted by molar-refractivity contribution is 5.82. The van der Waals surface area contributed by atoms with Gasteiger partial charge in [-0.25, -0.2) is 0 Å². The van der Waals surface area contributed by atoms with E-state index >= 15 is 0 Å². The van der Waals surface area contributed by atoms with Gasteiger partial charge in [-0.05, 0) is 35.4 Å². The van der Waals surface area contributed by atoms with Gasteiger partial charge >= 0.3 is 5.97 Å².